The van der Waals surface area contributed by atoms with Gasteiger partial charge in [0.2, 0.25) is 5.75 Å². The van der Waals surface area contributed by atoms with E-state index < -0.39 is 76.0 Å². The number of methoxy groups -OCH3 is 2. The van der Waals surface area contributed by atoms with Crippen LogP contribution in [0.1, 0.15) is 226 Å². The summed E-state index contributed by atoms with van der Waals surface area (Å²) in [5, 5.41) is 54.0. The lowest BCUT2D eigenvalue weighted by Crippen LogP contribution is -2.27. The molecule has 8 rings (SSSR count). The number of hydrogen-bond acceptors (Lipinski definition) is 25. The smallest absolute Gasteiger partial charge is 0.412 e. The molecule has 0 unspecified atom stereocenters. The van der Waals surface area contributed by atoms with Crippen molar-refractivity contribution in [2.45, 2.75) is 186 Å². The van der Waals surface area contributed by atoms with Gasteiger partial charge in [0.05, 0.1) is 136 Å². The summed E-state index contributed by atoms with van der Waals surface area (Å²) in [4.78, 5) is 121. The minimum Gasteiger partial charge on any atom is -0.504 e. The Hall–Kier alpha value is -14.0. The van der Waals surface area contributed by atoms with E-state index in [2.05, 4.69) is 33.5 Å². The number of benzene rings is 8. The number of amides is 5. The number of nitrogens with two attached hydrogens (primary N) is 2. The van der Waals surface area contributed by atoms with Crippen LogP contribution in [-0.2, 0) is 14.2 Å². The minimum absolute atomic E-state index is 0.00337. The first-order valence-electron chi connectivity index (χ1n) is 39.1. The molecule has 5 amide bonds. The zero-order chi connectivity index (χ0) is 91.0. The van der Waals surface area contributed by atoms with Gasteiger partial charge >= 0.3 is 35.7 Å². The summed E-state index contributed by atoms with van der Waals surface area (Å²) in [6, 6.07) is 33.9. The lowest BCUT2D eigenvalue weighted by Gasteiger charge is -2.20. The van der Waals surface area contributed by atoms with Gasteiger partial charge in [-0.3, -0.25) is 34.6 Å². The summed E-state index contributed by atoms with van der Waals surface area (Å²) < 4.78 is 61.0. The summed E-state index contributed by atoms with van der Waals surface area (Å²) in [5.74, 6) is -4.59. The van der Waals surface area contributed by atoms with E-state index in [1.807, 2.05) is 48.5 Å². The highest BCUT2D eigenvalue weighted by molar-refractivity contribution is 6.11. The molecular weight excluding hydrogens is 1580 g/mol. The minimum atomic E-state index is -1.14. The van der Waals surface area contributed by atoms with Crippen LogP contribution in [0.5, 0.6) is 51.7 Å². The van der Waals surface area contributed by atoms with E-state index >= 15 is 0 Å². The quantitative estimate of drug-likeness (QED) is 0.00447. The molecule has 8 aromatic rings. The van der Waals surface area contributed by atoms with E-state index in [1.165, 1.54) is 105 Å². The molecule has 33 nitrogen and oxygen atoms in total. The largest absolute Gasteiger partial charge is 0.504 e. The predicted octanol–water partition coefficient (Wildman–Crippen LogP) is 17.9. The highest BCUT2D eigenvalue weighted by Crippen LogP contribution is 2.44. The number of nitro groups is 1. The first-order chi connectivity index (χ1) is 57.5. The Balaban J connectivity index is 0.000000297. The van der Waals surface area contributed by atoms with Crippen LogP contribution in [-0.4, -0.2) is 144 Å². The lowest BCUT2D eigenvalue weighted by molar-refractivity contribution is -0.386. The number of aromatic carboxylic acids is 2. The van der Waals surface area contributed by atoms with Crippen molar-refractivity contribution in [1.29, 1.82) is 0 Å². The normalized spacial score (nSPS) is 10.8. The average molecular weight is 1690 g/mol. The summed E-state index contributed by atoms with van der Waals surface area (Å²) in [6.45, 7) is 31.5. The molecule has 0 bridgehead atoms. The van der Waals surface area contributed by atoms with Crippen LogP contribution in [0, 0.1) is 10.1 Å². The average Bonchev–Trinajstić information content (AvgIpc) is 0.792. The maximum absolute atomic E-state index is 13.3. The van der Waals surface area contributed by atoms with Crippen LogP contribution in [0.15, 0.2) is 140 Å². The van der Waals surface area contributed by atoms with Crippen LogP contribution < -0.4 is 75.9 Å². The number of nitrogens with one attached hydrogen (secondary N) is 5. The molecular formula is C89H110N8O25. The molecule has 0 spiro atoms. The van der Waals surface area contributed by atoms with Crippen LogP contribution in [0.25, 0.3) is 0 Å². The van der Waals surface area contributed by atoms with E-state index in [1.54, 1.807) is 111 Å². The molecule has 12 N–H and O–H groups in total. The number of nitrogen functional groups attached to an aromatic ring is 2. The van der Waals surface area contributed by atoms with Gasteiger partial charge < -0.3 is 100 Å². The number of hydrogen-bond donors (Lipinski definition) is 10. The van der Waals surface area contributed by atoms with Gasteiger partial charge in [0.1, 0.15) is 22.8 Å². The molecule has 0 radical (unpaired) electrons. The first-order valence-corrected chi connectivity index (χ1v) is 39.1. The fraction of sp³-hybridized carbons (Fsp3) is 0.360. The third-order valence-corrected chi connectivity index (χ3v) is 15.9. The van der Waals surface area contributed by atoms with Crippen LogP contribution in [0.3, 0.4) is 0 Å². The zero-order valence-corrected chi connectivity index (χ0v) is 71.9. The molecule has 122 heavy (non-hydrogen) atoms. The number of ether oxygens (including phenoxy) is 11. The number of carbonyl (C=O) groups is 9. The molecule has 0 heterocycles. The number of unbranched alkanes of at least 4 members (excludes halogenated alkanes) is 2. The number of nitro benzene ring substituents is 1. The number of rotatable bonds is 34. The number of carboxylic acid groups (broad SMARTS) is 2. The van der Waals surface area contributed by atoms with Gasteiger partial charge in [0.15, 0.2) is 28.7 Å². The van der Waals surface area contributed by atoms with Crippen LogP contribution in [0.4, 0.5) is 50.3 Å². The van der Waals surface area contributed by atoms with E-state index in [0.29, 0.717) is 69.8 Å². The second kappa shape index (κ2) is 47.0. The summed E-state index contributed by atoms with van der Waals surface area (Å²) in [7, 11) is 2.57. The van der Waals surface area contributed by atoms with Crippen molar-refractivity contribution in [2.24, 2.45) is 0 Å². The van der Waals surface area contributed by atoms with E-state index in [0.717, 1.165) is 19.3 Å². The van der Waals surface area contributed by atoms with Crippen molar-refractivity contribution in [3.63, 3.8) is 0 Å². The molecule has 0 aliphatic rings. The first kappa shape index (κ1) is 98.6. The number of carboxylic acids is 2. The van der Waals surface area contributed by atoms with Gasteiger partial charge in [-0.15, -0.1) is 0 Å². The Kier molecular flexibility index (Phi) is 37.9. The van der Waals surface area contributed by atoms with Gasteiger partial charge in [0, 0.05) is 23.0 Å². The van der Waals surface area contributed by atoms with Crippen molar-refractivity contribution in [3.05, 3.63) is 194 Å². The molecule has 656 valence electrons. The maximum Gasteiger partial charge on any atom is 0.412 e. The number of phenols is 1. The number of esters is 2. The Morgan fingerprint density at radius 2 is 0.779 bits per heavy atom. The fourth-order valence-electron chi connectivity index (χ4n) is 10.5. The number of carbonyl (C=O) groups excluding carboxylic acids is 7. The Morgan fingerprint density at radius 1 is 0.418 bits per heavy atom. The van der Waals surface area contributed by atoms with E-state index in [9.17, 15) is 63.5 Å². The summed E-state index contributed by atoms with van der Waals surface area (Å²) in [6.07, 6.45) is 1.07. The number of aromatic hydroxyl groups is 1. The highest BCUT2D eigenvalue weighted by atomic mass is 16.6. The fourth-order valence-corrected chi connectivity index (χ4v) is 10.5. The van der Waals surface area contributed by atoms with Crippen molar-refractivity contribution >= 4 is 99.1 Å². The van der Waals surface area contributed by atoms with Gasteiger partial charge in [-0.25, -0.2) is 24.0 Å². The Labute approximate surface area is 708 Å². The second-order valence-electron chi connectivity index (χ2n) is 29.5. The van der Waals surface area contributed by atoms with Gasteiger partial charge in [-0.2, -0.15) is 0 Å². The molecule has 0 atom stereocenters. The summed E-state index contributed by atoms with van der Waals surface area (Å²) in [5.41, 5.74) is 14.7. The number of nitrogens with zero attached hydrogens (tertiary/aromatic N) is 1. The van der Waals surface area contributed by atoms with E-state index in [4.69, 9.17) is 68.7 Å². The molecule has 0 aromatic heterocycles. The number of anilines is 7. The van der Waals surface area contributed by atoms with Crippen LogP contribution >= 0.6 is 0 Å². The number of phenolic OH excluding ortho intramolecular Hbond substituents is 1. The van der Waals surface area contributed by atoms with Crippen molar-refractivity contribution in [2.75, 3.05) is 65.5 Å². The molecule has 0 saturated carbocycles. The Morgan fingerprint density at radius 3 is 1.19 bits per heavy atom. The van der Waals surface area contributed by atoms with Gasteiger partial charge in [-0.1, -0.05) is 26.7 Å². The highest BCUT2D eigenvalue weighted by Gasteiger charge is 2.31. The van der Waals surface area contributed by atoms with E-state index in [-0.39, 0.29) is 116 Å². The predicted molar refractivity (Wildman–Crippen MR) is 462 cm³/mol. The molecule has 33 heteroatoms. The molecule has 0 saturated heterocycles. The van der Waals surface area contributed by atoms with Crippen molar-refractivity contribution in [3.8, 4) is 51.7 Å². The van der Waals surface area contributed by atoms with Crippen molar-refractivity contribution < 1.29 is 115 Å². The lowest BCUT2D eigenvalue weighted by atomic mass is 10.1. The maximum atomic E-state index is 13.3. The molecule has 8 aromatic carbocycles. The Bertz CT molecular complexity index is 4960. The molecule has 0 aliphatic carbocycles. The summed E-state index contributed by atoms with van der Waals surface area (Å²) >= 11 is 0. The topological polar surface area (TPSA) is 471 Å². The second-order valence-corrected chi connectivity index (χ2v) is 29.5. The monoisotopic (exact) mass is 1690 g/mol. The zero-order valence-electron chi connectivity index (χ0n) is 71.9. The standard InChI is InChI=1S/C27H29N3O7.C25H32N2O8.C25H34N2O6.C12H15NO4/c1-14(2)36-22-13-17(27(34)35)7-11-20(22)29-26(33)19-10-12-21(24(23(19)31)37-15(3)4)30-25(32)16-5-8-18(28)9-6-16;1-7-8-13-33-22-18(10-12-20(27(30)31)23(22)35-16(4)5)24(28)26-19-11-9-17(25(29)32-6)14-21(19)34-15(2)3;1-7-8-13-31-22-18(10-11-19(26)23(22)33-16(4)5)24(28)27-20-12-9-17(25(29)30-6)14-21(20)32-15(2)3;1-12(2,3)17-11(16)13-9-6-4-8(5-7-9)10(14)15/h5-15,31H,28H2,1-4H3,(H,29,33)(H,30,32)(H,34,35);9-12,14-16H,7-8,13H2,1-6H3,(H,26,28);9-12,14-16H,7-8,13,26H2,1-6H3,(H,27,28);4-7H,1-3H3,(H,13,16)(H,14,15). The third-order valence-electron chi connectivity index (χ3n) is 15.9. The SMILES string of the molecule is CC(C)(C)OC(=O)Nc1ccc(C(=O)O)cc1.CC(C)Oc1cc(C(=O)O)ccc1NC(=O)c1ccc(NC(=O)c2ccc(N)cc2)c(OC(C)C)c1O.CCCCOc1c(C(=O)Nc2ccc(C(=O)OC)cc2OC(C)C)ccc(N)c1OC(C)C.CCCCOc1c(C(=O)Nc2ccc(C(=O)OC)cc2OC(C)C)ccc([N+](=O)[O-])c1OC(C)C. The molecule has 0 fully saturated rings. The third kappa shape index (κ3) is 30.7. The van der Waals surface area contributed by atoms with Crippen molar-refractivity contribution in [1.82, 2.24) is 0 Å². The van der Waals surface area contributed by atoms with Crippen LogP contribution in [0.2, 0.25) is 0 Å². The van der Waals surface area contributed by atoms with Gasteiger partial charge in [0.25, 0.3) is 23.6 Å². The molecule has 0 aliphatic heterocycles. The van der Waals surface area contributed by atoms with Gasteiger partial charge in [-0.05, 0) is 250 Å².